The highest BCUT2D eigenvalue weighted by atomic mass is 19.1. The fourth-order valence-corrected chi connectivity index (χ4v) is 5.18. The molecule has 11 nitrogen and oxygen atoms in total. The molecule has 0 spiro atoms. The Kier molecular flexibility index (Phi) is 8.46. The lowest BCUT2D eigenvalue weighted by atomic mass is 10.2. The van der Waals surface area contributed by atoms with Crippen molar-refractivity contribution in [1.29, 1.82) is 0 Å². The van der Waals surface area contributed by atoms with Crippen LogP contribution in [0.2, 0.25) is 0 Å². The molecule has 0 aliphatic carbocycles. The van der Waals surface area contributed by atoms with Gasteiger partial charge in [-0.15, -0.1) is 0 Å². The second-order valence-corrected chi connectivity index (χ2v) is 11.4. The molecule has 3 saturated heterocycles. The summed E-state index contributed by atoms with van der Waals surface area (Å²) in [6.45, 7) is 13.1. The number of nitrogens with two attached hydrogens (primary N) is 1. The van der Waals surface area contributed by atoms with E-state index in [1.807, 2.05) is 30.6 Å². The number of morpholine rings is 1. The van der Waals surface area contributed by atoms with Gasteiger partial charge in [0, 0.05) is 77.7 Å². The molecule has 5 rings (SSSR count). The maximum atomic E-state index is 16.0. The highest BCUT2D eigenvalue weighted by molar-refractivity contribution is 5.69. The summed E-state index contributed by atoms with van der Waals surface area (Å²) in [5.41, 5.74) is 7.46. The Hall–Kier alpha value is -3.38. The number of ether oxygens (including phenoxy) is 2. The fraction of sp³-hybridized carbons (Fsp3) is 0.607. The Bertz CT molecular complexity index is 1150. The monoisotopic (exact) mass is 556 g/mol. The third kappa shape index (κ3) is 6.49. The third-order valence-corrected chi connectivity index (χ3v) is 7.45. The van der Waals surface area contributed by atoms with Crippen LogP contribution < -0.4 is 25.3 Å². The maximum absolute atomic E-state index is 16.0. The molecule has 1 amide bonds. The predicted molar refractivity (Wildman–Crippen MR) is 154 cm³/mol. The van der Waals surface area contributed by atoms with Crippen LogP contribution in [0.5, 0.6) is 0 Å². The Balaban J connectivity index is 1.33. The number of nitrogens with zero attached hydrogens (tertiary/aromatic N) is 7. The van der Waals surface area contributed by atoms with E-state index in [4.69, 9.17) is 25.2 Å². The van der Waals surface area contributed by atoms with E-state index in [9.17, 15) is 4.79 Å². The number of aromatic nitrogens is 2. The van der Waals surface area contributed by atoms with Crippen LogP contribution in [0.25, 0.3) is 0 Å². The summed E-state index contributed by atoms with van der Waals surface area (Å²) >= 11 is 0. The molecule has 3 aliphatic heterocycles. The number of hydrogen-bond donors (Lipinski definition) is 1. The quantitative estimate of drug-likeness (QED) is 0.590. The zero-order valence-electron chi connectivity index (χ0n) is 23.8. The third-order valence-electron chi connectivity index (χ3n) is 7.45. The topological polar surface area (TPSA) is 104 Å². The zero-order valence-corrected chi connectivity index (χ0v) is 23.8. The van der Waals surface area contributed by atoms with Gasteiger partial charge in [-0.05, 0) is 38.5 Å². The molecule has 0 unspecified atom stereocenters. The highest BCUT2D eigenvalue weighted by Gasteiger charge is 2.31. The first-order chi connectivity index (χ1) is 19.2. The van der Waals surface area contributed by atoms with E-state index < -0.39 is 11.4 Å². The summed E-state index contributed by atoms with van der Waals surface area (Å²) in [6.07, 6.45) is -0.347. The van der Waals surface area contributed by atoms with Gasteiger partial charge in [-0.25, -0.2) is 4.79 Å². The Labute approximate surface area is 235 Å². The van der Waals surface area contributed by atoms with Crippen molar-refractivity contribution in [3.63, 3.8) is 0 Å². The van der Waals surface area contributed by atoms with Crippen molar-refractivity contribution in [2.24, 2.45) is 5.73 Å². The van der Waals surface area contributed by atoms with E-state index in [0.29, 0.717) is 70.8 Å². The minimum atomic E-state index is -0.563. The van der Waals surface area contributed by atoms with Gasteiger partial charge in [0.05, 0.1) is 13.2 Å². The van der Waals surface area contributed by atoms with Crippen LogP contribution in [0.15, 0.2) is 24.3 Å². The van der Waals surface area contributed by atoms with Crippen molar-refractivity contribution in [3.05, 3.63) is 35.6 Å². The van der Waals surface area contributed by atoms with Crippen molar-refractivity contribution < 1.29 is 18.7 Å². The lowest BCUT2D eigenvalue weighted by molar-refractivity contribution is 0.0240. The van der Waals surface area contributed by atoms with Gasteiger partial charge in [-0.3, -0.25) is 0 Å². The standard InChI is InChI=1S/C28H41FN8O3/c1-28(2,3)40-27(38)37-14-10-34(11-15-37)24-23(29)25(35-16-18-39-19-17-35)32-26(31-24)36-12-8-33(9-13-36)22-6-4-21(20-30)5-7-22/h4-7H,8-20,30H2,1-3H3. The van der Waals surface area contributed by atoms with Gasteiger partial charge in [0.15, 0.2) is 11.6 Å². The van der Waals surface area contributed by atoms with Gasteiger partial charge >= 0.3 is 6.09 Å². The summed E-state index contributed by atoms with van der Waals surface area (Å²) in [4.78, 5) is 32.1. The first-order valence-corrected chi connectivity index (χ1v) is 14.1. The molecular formula is C28H41FN8O3. The number of amides is 1. The van der Waals surface area contributed by atoms with Crippen LogP contribution in [0, 0.1) is 5.82 Å². The van der Waals surface area contributed by atoms with E-state index in [0.717, 1.165) is 37.4 Å². The number of rotatable bonds is 5. The predicted octanol–water partition coefficient (Wildman–Crippen LogP) is 2.29. The molecule has 0 saturated carbocycles. The second kappa shape index (κ2) is 12.0. The van der Waals surface area contributed by atoms with E-state index in [-0.39, 0.29) is 11.9 Å². The maximum Gasteiger partial charge on any atom is 0.410 e. The van der Waals surface area contributed by atoms with Crippen molar-refractivity contribution >= 4 is 29.4 Å². The molecule has 3 aliphatic rings. The number of piperazine rings is 2. The molecule has 3 fully saturated rings. The second-order valence-electron chi connectivity index (χ2n) is 11.4. The molecule has 12 heteroatoms. The fourth-order valence-electron chi connectivity index (χ4n) is 5.18. The molecule has 2 N–H and O–H groups in total. The minimum absolute atomic E-state index is 0.287. The summed E-state index contributed by atoms with van der Waals surface area (Å²) in [5, 5.41) is 0. The summed E-state index contributed by atoms with van der Waals surface area (Å²) in [5.74, 6) is 0.716. The molecule has 1 aromatic heterocycles. The van der Waals surface area contributed by atoms with Gasteiger partial charge < -0.3 is 39.7 Å². The Morgan fingerprint density at radius 3 is 1.93 bits per heavy atom. The van der Waals surface area contributed by atoms with Crippen LogP contribution in [-0.4, -0.2) is 105 Å². The molecule has 218 valence electrons. The number of halogens is 1. The van der Waals surface area contributed by atoms with Gasteiger partial charge in [0.1, 0.15) is 5.60 Å². The molecule has 1 aromatic carbocycles. The molecule has 0 bridgehead atoms. The normalized spacial score (nSPS) is 18.8. The summed E-state index contributed by atoms with van der Waals surface area (Å²) < 4.78 is 27.0. The number of carbonyl (C=O) groups is 1. The molecule has 2 aromatic rings. The van der Waals surface area contributed by atoms with Crippen LogP contribution >= 0.6 is 0 Å². The average Bonchev–Trinajstić information content (AvgIpc) is 2.97. The van der Waals surface area contributed by atoms with E-state index in [1.165, 1.54) is 0 Å². The molecule has 0 atom stereocenters. The number of hydrogen-bond acceptors (Lipinski definition) is 10. The highest BCUT2D eigenvalue weighted by Crippen LogP contribution is 2.30. The van der Waals surface area contributed by atoms with E-state index >= 15 is 4.39 Å². The number of carbonyl (C=O) groups excluding carboxylic acids is 1. The van der Waals surface area contributed by atoms with Gasteiger partial charge in [0.2, 0.25) is 11.8 Å². The van der Waals surface area contributed by atoms with Crippen LogP contribution in [0.1, 0.15) is 26.3 Å². The zero-order chi connectivity index (χ0) is 28.3. The van der Waals surface area contributed by atoms with Crippen LogP contribution in [0.4, 0.5) is 32.5 Å². The van der Waals surface area contributed by atoms with E-state index in [2.05, 4.69) is 34.1 Å². The van der Waals surface area contributed by atoms with Crippen LogP contribution in [-0.2, 0) is 16.0 Å². The summed E-state index contributed by atoms with van der Waals surface area (Å²) in [6, 6.07) is 8.35. The van der Waals surface area contributed by atoms with Crippen molar-refractivity contribution in [2.45, 2.75) is 32.9 Å². The number of anilines is 4. The first kappa shape index (κ1) is 28.2. The van der Waals surface area contributed by atoms with Gasteiger partial charge in [-0.2, -0.15) is 14.4 Å². The Morgan fingerprint density at radius 1 is 0.850 bits per heavy atom. The molecule has 4 heterocycles. The van der Waals surface area contributed by atoms with Gasteiger partial charge in [-0.1, -0.05) is 12.1 Å². The largest absolute Gasteiger partial charge is 0.444 e. The van der Waals surface area contributed by atoms with Crippen molar-refractivity contribution in [1.82, 2.24) is 14.9 Å². The minimum Gasteiger partial charge on any atom is -0.444 e. The van der Waals surface area contributed by atoms with Gasteiger partial charge in [0.25, 0.3) is 0 Å². The smallest absolute Gasteiger partial charge is 0.410 e. The van der Waals surface area contributed by atoms with Crippen LogP contribution in [0.3, 0.4) is 0 Å². The first-order valence-electron chi connectivity index (χ1n) is 14.1. The van der Waals surface area contributed by atoms with Crippen molar-refractivity contribution in [2.75, 3.05) is 98.3 Å². The number of benzene rings is 1. The molecule has 40 heavy (non-hydrogen) atoms. The SMILES string of the molecule is CC(C)(C)OC(=O)N1CCN(c2nc(N3CCN(c4ccc(CN)cc4)CC3)nc(N3CCOCC3)c2F)CC1. The lowest BCUT2D eigenvalue weighted by Gasteiger charge is -2.39. The van der Waals surface area contributed by atoms with E-state index in [1.54, 1.807) is 4.90 Å². The Morgan fingerprint density at radius 2 is 1.38 bits per heavy atom. The average molecular weight is 557 g/mol. The summed E-state index contributed by atoms with van der Waals surface area (Å²) in [7, 11) is 0. The molecular weight excluding hydrogens is 515 g/mol. The lowest BCUT2D eigenvalue weighted by Crippen LogP contribution is -2.51. The molecule has 0 radical (unpaired) electrons. The van der Waals surface area contributed by atoms with Crippen molar-refractivity contribution in [3.8, 4) is 0 Å².